The number of hydrogen-bond donors (Lipinski definition) is 2. The fourth-order valence-corrected chi connectivity index (χ4v) is 4.12. The highest BCUT2D eigenvalue weighted by molar-refractivity contribution is 6.02. The summed E-state index contributed by atoms with van der Waals surface area (Å²) in [5, 5.41) is 1.49. The second kappa shape index (κ2) is 8.18. The molecule has 0 spiro atoms. The van der Waals surface area contributed by atoms with Gasteiger partial charge in [0, 0.05) is 60.2 Å². The second-order valence-electron chi connectivity index (χ2n) is 7.76. The van der Waals surface area contributed by atoms with Gasteiger partial charge in [0.25, 0.3) is 0 Å². The molecular formula is C24H19F3N6. The van der Waals surface area contributed by atoms with E-state index in [4.69, 9.17) is 11.5 Å². The lowest BCUT2D eigenvalue weighted by Gasteiger charge is -2.08. The molecule has 4 N–H and O–H groups in total. The first-order chi connectivity index (χ1) is 15.9. The minimum Gasteiger partial charge on any atom is -0.383 e. The Kier molecular flexibility index (Phi) is 5.18. The van der Waals surface area contributed by atoms with E-state index in [9.17, 15) is 8.78 Å². The Morgan fingerprint density at radius 3 is 2.45 bits per heavy atom. The molecule has 0 amide bonds. The highest BCUT2D eigenvalue weighted by Gasteiger charge is 2.19. The smallest absolute Gasteiger partial charge is 0.146 e. The number of anilines is 1. The van der Waals surface area contributed by atoms with Crippen molar-refractivity contribution in [3.63, 3.8) is 0 Å². The van der Waals surface area contributed by atoms with Crippen molar-refractivity contribution >= 4 is 27.6 Å². The maximum atomic E-state index is 15.6. The van der Waals surface area contributed by atoms with Crippen molar-refractivity contribution < 1.29 is 13.2 Å². The van der Waals surface area contributed by atoms with E-state index in [1.165, 1.54) is 24.7 Å². The number of fused-ring (bicyclic) bond motifs is 2. The molecular weight excluding hydrogens is 429 g/mol. The van der Waals surface area contributed by atoms with Crippen molar-refractivity contribution in [2.24, 2.45) is 5.73 Å². The van der Waals surface area contributed by atoms with Crippen molar-refractivity contribution in [2.75, 3.05) is 12.3 Å². The van der Waals surface area contributed by atoms with Gasteiger partial charge in [-0.1, -0.05) is 12.1 Å². The molecule has 0 unspecified atom stereocenters. The quantitative estimate of drug-likeness (QED) is 0.420. The summed E-state index contributed by atoms with van der Waals surface area (Å²) in [4.78, 5) is 12.7. The Balaban J connectivity index is 1.59. The standard InChI is InChI=1S/C24H19F3N6/c25-15-5-13(6-16(26)9-15)7-17-8-14-1-2-18(22(27)19(14)10-30-17)20-11-33(4-3-28)24-21(20)23(29)31-12-32-24/h1-2,5-6,8-12H,3-4,7,28H2,(H2,29,31,32). The lowest BCUT2D eigenvalue weighted by atomic mass is 10.00. The third kappa shape index (κ3) is 3.76. The average Bonchev–Trinajstić information content (AvgIpc) is 3.13. The van der Waals surface area contributed by atoms with Crippen LogP contribution in [0.1, 0.15) is 11.3 Å². The predicted octanol–water partition coefficient (Wildman–Crippen LogP) is 4.20. The van der Waals surface area contributed by atoms with Crippen LogP contribution in [0.2, 0.25) is 0 Å². The minimum absolute atomic E-state index is 0.217. The molecule has 0 saturated carbocycles. The molecule has 6 nitrogen and oxygen atoms in total. The van der Waals surface area contributed by atoms with Gasteiger partial charge in [0.2, 0.25) is 0 Å². The number of rotatable bonds is 5. The molecule has 0 aliphatic heterocycles. The maximum Gasteiger partial charge on any atom is 0.146 e. The Labute approximate surface area is 186 Å². The zero-order valence-electron chi connectivity index (χ0n) is 17.4. The molecule has 0 atom stereocenters. The van der Waals surface area contributed by atoms with E-state index in [-0.39, 0.29) is 12.2 Å². The van der Waals surface area contributed by atoms with Gasteiger partial charge >= 0.3 is 0 Å². The van der Waals surface area contributed by atoms with Crippen LogP contribution in [-0.4, -0.2) is 26.1 Å². The number of hydrogen-bond acceptors (Lipinski definition) is 5. The summed E-state index contributed by atoms with van der Waals surface area (Å²) in [6.07, 6.45) is 4.78. The van der Waals surface area contributed by atoms with Crippen molar-refractivity contribution in [2.45, 2.75) is 13.0 Å². The Morgan fingerprint density at radius 1 is 0.909 bits per heavy atom. The lowest BCUT2D eigenvalue weighted by Crippen LogP contribution is -2.09. The summed E-state index contributed by atoms with van der Waals surface area (Å²) in [6, 6.07) is 8.47. The number of nitrogens with zero attached hydrogens (tertiary/aromatic N) is 4. The second-order valence-corrected chi connectivity index (χ2v) is 7.76. The first-order valence-electron chi connectivity index (χ1n) is 10.3. The molecule has 166 valence electrons. The number of benzene rings is 2. The van der Waals surface area contributed by atoms with E-state index in [0.717, 1.165) is 6.07 Å². The molecule has 0 bridgehead atoms. The fourth-order valence-electron chi connectivity index (χ4n) is 4.12. The maximum absolute atomic E-state index is 15.6. The van der Waals surface area contributed by atoms with Gasteiger partial charge in [0.15, 0.2) is 0 Å². The van der Waals surface area contributed by atoms with Gasteiger partial charge in [0.1, 0.15) is 35.2 Å². The number of nitrogen functional groups attached to an aromatic ring is 1. The Morgan fingerprint density at radius 2 is 1.70 bits per heavy atom. The SMILES string of the molecule is NCCn1cc(-c2ccc3cc(Cc4cc(F)cc(F)c4)ncc3c2F)c2c(N)ncnc21. The van der Waals surface area contributed by atoms with E-state index in [1.807, 2.05) is 4.57 Å². The van der Waals surface area contributed by atoms with Crippen LogP contribution in [0, 0.1) is 17.5 Å². The van der Waals surface area contributed by atoms with Crippen molar-refractivity contribution in [3.8, 4) is 11.1 Å². The highest BCUT2D eigenvalue weighted by Crippen LogP contribution is 2.36. The number of aromatic nitrogens is 4. The van der Waals surface area contributed by atoms with Crippen molar-refractivity contribution in [3.05, 3.63) is 83.8 Å². The van der Waals surface area contributed by atoms with Crippen LogP contribution in [0.4, 0.5) is 19.0 Å². The molecule has 5 aromatic rings. The number of nitrogens with two attached hydrogens (primary N) is 2. The van der Waals surface area contributed by atoms with Crippen molar-refractivity contribution in [1.82, 2.24) is 19.5 Å². The summed E-state index contributed by atoms with van der Waals surface area (Å²) in [5.41, 5.74) is 14.3. The monoisotopic (exact) mass is 448 g/mol. The molecule has 0 radical (unpaired) electrons. The summed E-state index contributed by atoms with van der Waals surface area (Å²) < 4.78 is 44.4. The van der Waals surface area contributed by atoms with Gasteiger partial charge in [-0.2, -0.15) is 0 Å². The van der Waals surface area contributed by atoms with E-state index in [0.29, 0.717) is 57.3 Å². The molecule has 3 heterocycles. The third-order valence-electron chi connectivity index (χ3n) is 5.55. The summed E-state index contributed by atoms with van der Waals surface area (Å²) in [7, 11) is 0. The van der Waals surface area contributed by atoms with Crippen LogP contribution in [0.15, 0.2) is 55.1 Å². The van der Waals surface area contributed by atoms with E-state index in [2.05, 4.69) is 15.0 Å². The van der Waals surface area contributed by atoms with Gasteiger partial charge in [0.05, 0.1) is 5.39 Å². The van der Waals surface area contributed by atoms with Gasteiger partial charge in [-0.05, 0) is 29.1 Å². The van der Waals surface area contributed by atoms with E-state index in [1.54, 1.807) is 24.4 Å². The van der Waals surface area contributed by atoms with Crippen molar-refractivity contribution in [1.29, 1.82) is 0 Å². The molecule has 0 saturated heterocycles. The van der Waals surface area contributed by atoms with Crippen LogP contribution in [0.3, 0.4) is 0 Å². The molecule has 3 aromatic heterocycles. The van der Waals surface area contributed by atoms with Gasteiger partial charge < -0.3 is 16.0 Å². The van der Waals surface area contributed by atoms with Crippen LogP contribution in [-0.2, 0) is 13.0 Å². The van der Waals surface area contributed by atoms with Crippen LogP contribution >= 0.6 is 0 Å². The molecule has 9 heteroatoms. The van der Waals surface area contributed by atoms with Crippen LogP contribution < -0.4 is 11.5 Å². The fraction of sp³-hybridized carbons (Fsp3) is 0.125. The third-order valence-corrected chi connectivity index (χ3v) is 5.55. The first-order valence-corrected chi connectivity index (χ1v) is 10.3. The van der Waals surface area contributed by atoms with E-state index < -0.39 is 17.5 Å². The topological polar surface area (TPSA) is 95.6 Å². The molecule has 5 rings (SSSR count). The summed E-state index contributed by atoms with van der Waals surface area (Å²) >= 11 is 0. The summed E-state index contributed by atoms with van der Waals surface area (Å²) in [6.45, 7) is 0.878. The lowest BCUT2D eigenvalue weighted by molar-refractivity contribution is 0.580. The predicted molar refractivity (Wildman–Crippen MR) is 121 cm³/mol. The van der Waals surface area contributed by atoms with Crippen LogP contribution in [0.5, 0.6) is 0 Å². The first kappa shape index (κ1) is 20.9. The summed E-state index contributed by atoms with van der Waals surface area (Å²) in [5.74, 6) is -1.52. The normalized spacial score (nSPS) is 11.5. The zero-order valence-corrected chi connectivity index (χ0v) is 17.4. The number of halogens is 3. The Hall–Kier alpha value is -3.98. The van der Waals surface area contributed by atoms with E-state index >= 15 is 4.39 Å². The molecule has 0 fully saturated rings. The zero-order chi connectivity index (χ0) is 23.1. The molecule has 33 heavy (non-hydrogen) atoms. The average molecular weight is 448 g/mol. The molecule has 0 aliphatic carbocycles. The highest BCUT2D eigenvalue weighted by atomic mass is 19.1. The van der Waals surface area contributed by atoms with Crippen LogP contribution in [0.25, 0.3) is 32.9 Å². The minimum atomic E-state index is -0.654. The molecule has 2 aromatic carbocycles. The van der Waals surface area contributed by atoms with Gasteiger partial charge in [-0.25, -0.2) is 23.1 Å². The number of pyridine rings is 1. The Bertz CT molecular complexity index is 1490. The largest absolute Gasteiger partial charge is 0.383 e. The van der Waals surface area contributed by atoms with Gasteiger partial charge in [-0.3, -0.25) is 4.98 Å². The molecule has 0 aliphatic rings. The van der Waals surface area contributed by atoms with Gasteiger partial charge in [-0.15, -0.1) is 0 Å².